The molecule has 2 aliphatic rings. The second-order valence-electron chi connectivity index (χ2n) is 3.67. The first-order valence-corrected chi connectivity index (χ1v) is 4.66. The van der Waals surface area contributed by atoms with Crippen molar-refractivity contribution in [3.8, 4) is 0 Å². The Hall–Kier alpha value is -0.0652. The zero-order valence-corrected chi connectivity index (χ0v) is 6.92. The summed E-state index contributed by atoms with van der Waals surface area (Å²) in [6.07, 6.45) is 8.72. The highest BCUT2D eigenvalue weighted by molar-refractivity contribution is 7.08. The van der Waals surface area contributed by atoms with Crippen molar-refractivity contribution in [3.63, 3.8) is 0 Å². The Kier molecular flexibility index (Phi) is 2.15. The Bertz CT molecular complexity index is 176. The number of fused-ring (bicyclic) bond motifs is 1. The molecule has 2 aliphatic heterocycles. The summed E-state index contributed by atoms with van der Waals surface area (Å²) in [5.41, 5.74) is 2.26. The van der Waals surface area contributed by atoms with Crippen molar-refractivity contribution in [2.75, 3.05) is 0 Å². The minimum atomic E-state index is 0.426. The van der Waals surface area contributed by atoms with E-state index >= 15 is 0 Å². The van der Waals surface area contributed by atoms with Gasteiger partial charge in [0.1, 0.15) is 7.28 Å². The number of allylic oxidation sites excluding steroid dienone is 2. The van der Waals surface area contributed by atoms with Crippen molar-refractivity contribution in [1.29, 1.82) is 0 Å². The molecule has 0 aromatic rings. The van der Waals surface area contributed by atoms with Crippen LogP contribution < -0.4 is 0 Å². The number of hydrogen-bond acceptors (Lipinski definition) is 0. The quantitative estimate of drug-likeness (QED) is 0.355. The van der Waals surface area contributed by atoms with Crippen LogP contribution in [0.1, 0.15) is 19.3 Å². The summed E-state index contributed by atoms with van der Waals surface area (Å²) >= 11 is 0. The highest BCUT2D eigenvalue weighted by atomic mass is 14.1. The van der Waals surface area contributed by atoms with Crippen LogP contribution in [0.25, 0.3) is 0 Å². The summed E-state index contributed by atoms with van der Waals surface area (Å²) in [6.45, 7) is 0.426. The Morgan fingerprint density at radius 3 is 3.36 bits per heavy atom. The first kappa shape index (κ1) is 7.58. The van der Waals surface area contributed by atoms with Crippen LogP contribution in [-0.4, -0.2) is 21.6 Å². The van der Waals surface area contributed by atoms with Gasteiger partial charge in [-0.2, -0.15) is 0 Å². The molecule has 2 rings (SSSR count). The van der Waals surface area contributed by atoms with E-state index in [0.717, 1.165) is 0 Å². The van der Waals surface area contributed by atoms with Gasteiger partial charge in [-0.15, -0.1) is 0 Å². The van der Waals surface area contributed by atoms with Gasteiger partial charge in [-0.05, 0) is 12.8 Å². The fourth-order valence-electron chi connectivity index (χ4n) is 2.25. The van der Waals surface area contributed by atoms with Gasteiger partial charge in [-0.25, -0.2) is 0 Å². The van der Waals surface area contributed by atoms with Crippen LogP contribution in [-0.2, 0) is 0 Å². The molecule has 0 saturated carbocycles. The van der Waals surface area contributed by atoms with Gasteiger partial charge < -0.3 is 0 Å². The monoisotopic (exact) mass is 141 g/mol. The normalized spacial score (nSPS) is 30.4. The van der Waals surface area contributed by atoms with Gasteiger partial charge in [0, 0.05) is 7.74 Å². The van der Waals surface area contributed by atoms with E-state index in [1.807, 2.05) is 0 Å². The molecule has 1 atom stereocenters. The van der Waals surface area contributed by atoms with Gasteiger partial charge in [0.15, 0.2) is 0 Å². The van der Waals surface area contributed by atoms with Gasteiger partial charge in [0.25, 0.3) is 0 Å². The molecule has 0 nitrogen and oxygen atoms in total. The minimum Gasteiger partial charge on any atom is -0.0872 e. The van der Waals surface area contributed by atoms with Crippen molar-refractivity contribution in [2.24, 2.45) is 0 Å². The molecule has 0 bridgehead atoms. The van der Waals surface area contributed by atoms with Crippen molar-refractivity contribution in [2.45, 2.75) is 37.6 Å². The summed E-state index contributed by atoms with van der Waals surface area (Å²) in [5.74, 6) is 0. The molecule has 1 saturated heterocycles. The second kappa shape index (κ2) is 3.12. The lowest BCUT2D eigenvalue weighted by molar-refractivity contribution is 0.827. The molecule has 0 spiro atoms. The molecular weight excluding hydrogens is 129 g/mol. The predicted octanol–water partition coefficient (Wildman–Crippen LogP) is 1.72. The lowest BCUT2D eigenvalue weighted by Crippen LogP contribution is -2.31. The van der Waals surface area contributed by atoms with Crippen LogP contribution in [0.5, 0.6) is 0 Å². The topological polar surface area (TPSA) is 0 Å². The van der Waals surface area contributed by atoms with Gasteiger partial charge >= 0.3 is 0 Å². The van der Waals surface area contributed by atoms with E-state index in [1.54, 1.807) is 5.57 Å². The standard InChI is InChI=1S/C8H12B3/c9-11-6-2-4-7-3-1-5-10-8(7)11/h4,8H,1-3,5-6H2/t8-/m0/s1. The molecule has 53 valence electrons. The first-order chi connectivity index (χ1) is 5.38. The van der Waals surface area contributed by atoms with Crippen molar-refractivity contribution >= 4 is 21.6 Å². The van der Waals surface area contributed by atoms with E-state index in [0.29, 0.717) is 12.3 Å². The fourth-order valence-corrected chi connectivity index (χ4v) is 2.25. The SMILES string of the molecule is [B]B1CCC=C2CCC[B][C@@H]12. The van der Waals surface area contributed by atoms with Crippen LogP contribution in [0, 0.1) is 0 Å². The largest absolute Gasteiger partial charge is 0.108 e. The Morgan fingerprint density at radius 1 is 1.64 bits per heavy atom. The van der Waals surface area contributed by atoms with E-state index in [4.69, 9.17) is 7.74 Å². The Balaban J connectivity index is 2.13. The van der Waals surface area contributed by atoms with Crippen LogP contribution in [0.4, 0.5) is 0 Å². The van der Waals surface area contributed by atoms with Crippen LogP contribution in [0.15, 0.2) is 11.6 Å². The maximum absolute atomic E-state index is 6.02. The summed E-state index contributed by atoms with van der Waals surface area (Å²) in [6, 6.07) is 0. The van der Waals surface area contributed by atoms with Gasteiger partial charge in [-0.3, -0.25) is 0 Å². The van der Waals surface area contributed by atoms with Crippen LogP contribution in [0.2, 0.25) is 18.4 Å². The molecule has 11 heavy (non-hydrogen) atoms. The summed E-state index contributed by atoms with van der Waals surface area (Å²) in [7, 11) is 8.43. The summed E-state index contributed by atoms with van der Waals surface area (Å²) in [5, 5.41) is 0. The molecule has 0 amide bonds. The molecule has 1 fully saturated rings. The predicted molar refractivity (Wildman–Crippen MR) is 52.6 cm³/mol. The fraction of sp³-hybridized carbons (Fsp3) is 0.750. The smallest absolute Gasteiger partial charge is 0.0872 e. The third-order valence-corrected chi connectivity index (χ3v) is 2.89. The van der Waals surface area contributed by atoms with Crippen molar-refractivity contribution in [1.82, 2.24) is 0 Å². The van der Waals surface area contributed by atoms with E-state index in [1.165, 1.54) is 31.9 Å². The van der Waals surface area contributed by atoms with E-state index in [2.05, 4.69) is 13.4 Å². The molecule has 0 unspecified atom stereocenters. The Morgan fingerprint density at radius 2 is 2.55 bits per heavy atom. The van der Waals surface area contributed by atoms with Crippen LogP contribution >= 0.6 is 0 Å². The molecule has 0 N–H and O–H groups in total. The highest BCUT2D eigenvalue weighted by Crippen LogP contribution is 2.35. The number of rotatable bonds is 0. The zero-order valence-electron chi connectivity index (χ0n) is 6.92. The first-order valence-electron chi connectivity index (χ1n) is 4.66. The minimum absolute atomic E-state index is 0.426. The average molecular weight is 141 g/mol. The van der Waals surface area contributed by atoms with Gasteiger partial charge in [0.2, 0.25) is 0 Å². The van der Waals surface area contributed by atoms with Gasteiger partial charge in [-0.1, -0.05) is 36.4 Å². The lowest BCUT2D eigenvalue weighted by Gasteiger charge is -2.32. The van der Waals surface area contributed by atoms with Gasteiger partial charge in [0.05, 0.1) is 6.60 Å². The molecular formula is C8H12B3. The second-order valence-corrected chi connectivity index (χ2v) is 3.67. The molecule has 0 aromatic carbocycles. The third kappa shape index (κ3) is 1.43. The molecule has 3 heteroatoms. The maximum atomic E-state index is 6.02. The Labute approximate surface area is 71.5 Å². The van der Waals surface area contributed by atoms with E-state index in [-0.39, 0.29) is 0 Å². The number of hydrogen-bond donors (Lipinski definition) is 0. The zero-order chi connectivity index (χ0) is 7.68. The highest BCUT2D eigenvalue weighted by Gasteiger charge is 2.28. The molecule has 2 heterocycles. The lowest BCUT2D eigenvalue weighted by atomic mass is 9.15. The molecule has 0 aliphatic carbocycles. The van der Waals surface area contributed by atoms with E-state index in [9.17, 15) is 0 Å². The summed E-state index contributed by atoms with van der Waals surface area (Å²) in [4.78, 5) is 0. The maximum Gasteiger partial charge on any atom is 0.108 e. The van der Waals surface area contributed by atoms with E-state index < -0.39 is 0 Å². The summed E-state index contributed by atoms with van der Waals surface area (Å²) < 4.78 is 0. The van der Waals surface area contributed by atoms with Crippen molar-refractivity contribution in [3.05, 3.63) is 11.6 Å². The van der Waals surface area contributed by atoms with Crippen LogP contribution in [0.3, 0.4) is 0 Å². The third-order valence-electron chi connectivity index (χ3n) is 2.89. The van der Waals surface area contributed by atoms with Crippen molar-refractivity contribution < 1.29 is 0 Å². The molecule has 3 radical (unpaired) electrons. The average Bonchev–Trinajstić information content (AvgIpc) is 2.06. The molecule has 0 aromatic heterocycles.